The molecular weight excluding hydrogens is 392 g/mol. The first-order chi connectivity index (χ1) is 14.0. The van der Waals surface area contributed by atoms with Crippen molar-refractivity contribution >= 4 is 34.4 Å². The lowest BCUT2D eigenvalue weighted by atomic mass is 9.87. The lowest BCUT2D eigenvalue weighted by Crippen LogP contribution is -2.59. The molecule has 0 spiro atoms. The molecule has 3 aromatic rings. The van der Waals surface area contributed by atoms with Crippen molar-refractivity contribution in [2.45, 2.75) is 24.9 Å². The SMILES string of the molecule is COc1ccc(CNC(=O)C2(N)CCN(c3ncnc4[nH]ccc34)CC2)cc1Cl. The van der Waals surface area contributed by atoms with Crippen LogP contribution in [-0.2, 0) is 11.3 Å². The summed E-state index contributed by atoms with van der Waals surface area (Å²) in [7, 11) is 1.57. The fourth-order valence-electron chi connectivity index (χ4n) is 3.63. The Labute approximate surface area is 173 Å². The van der Waals surface area contributed by atoms with Gasteiger partial charge in [-0.05, 0) is 36.6 Å². The zero-order chi connectivity index (χ0) is 20.4. The molecule has 3 heterocycles. The van der Waals surface area contributed by atoms with Gasteiger partial charge in [0.05, 0.1) is 23.1 Å². The van der Waals surface area contributed by atoms with Gasteiger partial charge in [0.2, 0.25) is 5.91 Å². The number of hydrogen-bond donors (Lipinski definition) is 3. The Kier molecular flexibility index (Phi) is 5.29. The monoisotopic (exact) mass is 414 g/mol. The Bertz CT molecular complexity index is 1030. The molecule has 0 atom stereocenters. The number of fused-ring (bicyclic) bond motifs is 1. The number of nitrogens with two attached hydrogens (primary N) is 1. The summed E-state index contributed by atoms with van der Waals surface area (Å²) in [5, 5.41) is 4.42. The van der Waals surface area contributed by atoms with Gasteiger partial charge in [0.25, 0.3) is 0 Å². The second kappa shape index (κ2) is 7.88. The first-order valence-electron chi connectivity index (χ1n) is 9.43. The maximum absolute atomic E-state index is 12.8. The van der Waals surface area contributed by atoms with E-state index in [1.54, 1.807) is 25.6 Å². The van der Waals surface area contributed by atoms with Gasteiger partial charge in [-0.3, -0.25) is 4.79 Å². The molecule has 1 aliphatic heterocycles. The van der Waals surface area contributed by atoms with Crippen molar-refractivity contribution in [1.29, 1.82) is 0 Å². The summed E-state index contributed by atoms with van der Waals surface area (Å²) in [4.78, 5) is 26.7. The summed E-state index contributed by atoms with van der Waals surface area (Å²) >= 11 is 6.15. The quantitative estimate of drug-likeness (QED) is 0.590. The average molecular weight is 415 g/mol. The van der Waals surface area contributed by atoms with Crippen LogP contribution in [0, 0.1) is 0 Å². The van der Waals surface area contributed by atoms with E-state index in [-0.39, 0.29) is 5.91 Å². The summed E-state index contributed by atoms with van der Waals surface area (Å²) in [5.41, 5.74) is 7.24. The fraction of sp³-hybridized carbons (Fsp3) is 0.350. The molecule has 9 heteroatoms. The highest BCUT2D eigenvalue weighted by atomic mass is 35.5. The molecule has 1 amide bonds. The van der Waals surface area contributed by atoms with Crippen LogP contribution in [0.3, 0.4) is 0 Å². The minimum atomic E-state index is -0.906. The molecule has 1 aliphatic rings. The van der Waals surface area contributed by atoms with Gasteiger partial charge in [-0.2, -0.15) is 0 Å². The number of carbonyl (C=O) groups is 1. The van der Waals surface area contributed by atoms with E-state index in [0.29, 0.717) is 43.2 Å². The van der Waals surface area contributed by atoms with E-state index in [9.17, 15) is 4.79 Å². The van der Waals surface area contributed by atoms with Crippen LogP contribution in [-0.4, -0.2) is 46.6 Å². The average Bonchev–Trinajstić information content (AvgIpc) is 3.22. The zero-order valence-electron chi connectivity index (χ0n) is 16.1. The molecule has 1 aromatic carbocycles. The van der Waals surface area contributed by atoms with Crippen LogP contribution in [0.4, 0.5) is 5.82 Å². The van der Waals surface area contributed by atoms with Crippen molar-refractivity contribution < 1.29 is 9.53 Å². The van der Waals surface area contributed by atoms with Gasteiger partial charge in [-0.25, -0.2) is 9.97 Å². The van der Waals surface area contributed by atoms with E-state index in [4.69, 9.17) is 22.1 Å². The lowest BCUT2D eigenvalue weighted by molar-refractivity contribution is -0.127. The number of amides is 1. The smallest absolute Gasteiger partial charge is 0.240 e. The third-order valence-electron chi connectivity index (χ3n) is 5.41. The van der Waals surface area contributed by atoms with E-state index in [2.05, 4.69) is 25.2 Å². The summed E-state index contributed by atoms with van der Waals surface area (Å²) in [6, 6.07) is 7.39. The van der Waals surface area contributed by atoms with Gasteiger partial charge in [0, 0.05) is 25.8 Å². The topological polar surface area (TPSA) is 109 Å². The molecule has 1 fully saturated rings. The Morgan fingerprint density at radius 3 is 2.86 bits per heavy atom. The molecule has 152 valence electrons. The summed E-state index contributed by atoms with van der Waals surface area (Å²) in [6.07, 6.45) is 4.47. The Hall–Kier alpha value is -2.84. The number of aromatic nitrogens is 3. The van der Waals surface area contributed by atoms with E-state index in [1.807, 2.05) is 18.3 Å². The highest BCUT2D eigenvalue weighted by molar-refractivity contribution is 6.32. The van der Waals surface area contributed by atoms with Crippen LogP contribution >= 0.6 is 11.6 Å². The normalized spacial score (nSPS) is 16.0. The van der Waals surface area contributed by atoms with Crippen molar-refractivity contribution in [3.05, 3.63) is 47.4 Å². The molecule has 8 nitrogen and oxygen atoms in total. The maximum Gasteiger partial charge on any atom is 0.240 e. The van der Waals surface area contributed by atoms with E-state index < -0.39 is 5.54 Å². The van der Waals surface area contributed by atoms with Gasteiger partial charge in [-0.1, -0.05) is 17.7 Å². The van der Waals surface area contributed by atoms with Crippen molar-refractivity contribution in [3.8, 4) is 5.75 Å². The van der Waals surface area contributed by atoms with Crippen molar-refractivity contribution in [2.24, 2.45) is 5.73 Å². The maximum atomic E-state index is 12.8. The number of hydrogen-bond acceptors (Lipinski definition) is 6. The number of rotatable bonds is 5. The minimum absolute atomic E-state index is 0.154. The third kappa shape index (κ3) is 3.86. The van der Waals surface area contributed by atoms with Gasteiger partial charge >= 0.3 is 0 Å². The van der Waals surface area contributed by atoms with Crippen LogP contribution in [0.15, 0.2) is 36.8 Å². The van der Waals surface area contributed by atoms with Crippen LogP contribution < -0.4 is 20.7 Å². The largest absolute Gasteiger partial charge is 0.495 e. The van der Waals surface area contributed by atoms with E-state index in [0.717, 1.165) is 22.4 Å². The number of aromatic amines is 1. The molecule has 0 bridgehead atoms. The van der Waals surface area contributed by atoms with Crippen molar-refractivity contribution in [3.63, 3.8) is 0 Å². The number of nitrogens with zero attached hydrogens (tertiary/aromatic N) is 3. The second-order valence-electron chi connectivity index (χ2n) is 7.23. The first kappa shape index (κ1) is 19.5. The molecule has 0 aliphatic carbocycles. The predicted molar refractivity (Wildman–Crippen MR) is 112 cm³/mol. The summed E-state index contributed by atoms with van der Waals surface area (Å²) in [5.74, 6) is 1.32. The second-order valence-corrected chi connectivity index (χ2v) is 7.64. The van der Waals surface area contributed by atoms with Crippen molar-refractivity contribution in [1.82, 2.24) is 20.3 Å². The molecule has 0 saturated carbocycles. The van der Waals surface area contributed by atoms with Gasteiger partial charge in [0.1, 0.15) is 23.5 Å². The van der Waals surface area contributed by atoms with Crippen LogP contribution in [0.1, 0.15) is 18.4 Å². The number of carbonyl (C=O) groups excluding carboxylic acids is 1. The lowest BCUT2D eigenvalue weighted by Gasteiger charge is -2.38. The number of methoxy groups -OCH3 is 1. The number of anilines is 1. The van der Waals surface area contributed by atoms with Gasteiger partial charge in [0.15, 0.2) is 0 Å². The first-order valence-corrected chi connectivity index (χ1v) is 9.80. The fourth-order valence-corrected chi connectivity index (χ4v) is 3.91. The number of benzene rings is 1. The highest BCUT2D eigenvalue weighted by Crippen LogP contribution is 2.28. The number of H-pyrrole nitrogens is 1. The summed E-state index contributed by atoms with van der Waals surface area (Å²) in [6.45, 7) is 1.66. The molecule has 0 radical (unpaired) electrons. The molecule has 4 N–H and O–H groups in total. The molecular formula is C20H23ClN6O2. The zero-order valence-corrected chi connectivity index (χ0v) is 16.9. The number of halogens is 1. The highest BCUT2D eigenvalue weighted by Gasteiger charge is 2.38. The number of ether oxygens (including phenoxy) is 1. The number of nitrogens with one attached hydrogen (secondary N) is 2. The van der Waals surface area contributed by atoms with Crippen LogP contribution in [0.2, 0.25) is 5.02 Å². The standard InChI is InChI=1S/C20H23ClN6O2/c1-29-16-3-2-13(10-15(16)21)11-24-19(28)20(22)5-8-27(9-6-20)18-14-4-7-23-17(14)25-12-26-18/h2-4,7,10,12H,5-6,8-9,11,22H2,1H3,(H,24,28)(H,23,25,26). The summed E-state index contributed by atoms with van der Waals surface area (Å²) < 4.78 is 5.15. The minimum Gasteiger partial charge on any atom is -0.495 e. The predicted octanol–water partition coefficient (Wildman–Crippen LogP) is 2.23. The Morgan fingerprint density at radius 2 is 2.14 bits per heavy atom. The third-order valence-corrected chi connectivity index (χ3v) is 5.70. The van der Waals surface area contributed by atoms with Crippen LogP contribution in [0.5, 0.6) is 5.75 Å². The van der Waals surface area contributed by atoms with Crippen LogP contribution in [0.25, 0.3) is 11.0 Å². The van der Waals surface area contributed by atoms with Crippen molar-refractivity contribution in [2.75, 3.05) is 25.1 Å². The molecule has 4 rings (SSSR count). The number of piperidine rings is 1. The van der Waals surface area contributed by atoms with Gasteiger partial charge < -0.3 is 25.7 Å². The Balaban J connectivity index is 1.38. The Morgan fingerprint density at radius 1 is 1.34 bits per heavy atom. The van der Waals surface area contributed by atoms with E-state index in [1.165, 1.54) is 0 Å². The molecule has 2 aromatic heterocycles. The van der Waals surface area contributed by atoms with E-state index >= 15 is 0 Å². The molecule has 29 heavy (non-hydrogen) atoms. The van der Waals surface area contributed by atoms with Gasteiger partial charge in [-0.15, -0.1) is 0 Å². The molecule has 0 unspecified atom stereocenters. The molecule has 1 saturated heterocycles.